The fourth-order valence-corrected chi connectivity index (χ4v) is 2.24. The molecule has 13 heavy (non-hydrogen) atoms. The maximum atomic E-state index is 11.8. The number of rotatable bonds is 2. The van der Waals surface area contributed by atoms with Gasteiger partial charge in [-0.15, -0.1) is 0 Å². The van der Waals surface area contributed by atoms with Crippen molar-refractivity contribution in [3.8, 4) is 0 Å². The first-order valence-electron chi connectivity index (χ1n) is 4.06. The Bertz CT molecular complexity index is 288. The first kappa shape index (κ1) is 8.95. The van der Waals surface area contributed by atoms with Crippen molar-refractivity contribution in [1.82, 2.24) is 0 Å². The minimum absolute atomic E-state index is 0.855. The normalized spacial score (nSPS) is 20.3. The molecule has 0 amide bonds. The number of hydrogen-bond acceptors (Lipinski definition) is 1. The van der Waals surface area contributed by atoms with Crippen LogP contribution in [0.25, 0.3) is 0 Å². The summed E-state index contributed by atoms with van der Waals surface area (Å²) in [6, 6.07) is 9.48. The van der Waals surface area contributed by atoms with Crippen LogP contribution in [0.4, 0.5) is 0 Å². The summed E-state index contributed by atoms with van der Waals surface area (Å²) >= 11 is 0. The van der Waals surface area contributed by atoms with Gasteiger partial charge in [-0.1, -0.05) is 18.2 Å². The quantitative estimate of drug-likeness (QED) is 0.696. The average Bonchev–Trinajstić information content (AvgIpc) is 2.71. The summed E-state index contributed by atoms with van der Waals surface area (Å²) in [6.45, 7) is 0. The average molecular weight is 189 g/mol. The van der Waals surface area contributed by atoms with Crippen LogP contribution in [0, 0.1) is 30.9 Å². The van der Waals surface area contributed by atoms with E-state index >= 15 is 0 Å². The standard InChI is InChI=1S/C11H9OS/c12-13(11-8-4-5-9-11)10-6-2-1-3-7-10/h1-9H. The topological polar surface area (TPSA) is 17.1 Å². The van der Waals surface area contributed by atoms with Crippen molar-refractivity contribution in [3.63, 3.8) is 0 Å². The predicted octanol–water partition coefficient (Wildman–Crippen LogP) is 2.16. The molecule has 65 valence electrons. The lowest BCUT2D eigenvalue weighted by Gasteiger charge is -2.06. The Kier molecular flexibility index (Phi) is 2.79. The van der Waals surface area contributed by atoms with Crippen molar-refractivity contribution in [2.75, 3.05) is 0 Å². The zero-order chi connectivity index (χ0) is 9.10. The zero-order valence-electron chi connectivity index (χ0n) is 7.01. The lowest BCUT2D eigenvalue weighted by atomic mass is 10.4. The third kappa shape index (κ3) is 1.99. The van der Waals surface area contributed by atoms with Crippen LogP contribution in [-0.4, -0.2) is 4.21 Å². The first-order valence-corrected chi connectivity index (χ1v) is 5.21. The van der Waals surface area contributed by atoms with Gasteiger partial charge >= 0.3 is 0 Å². The summed E-state index contributed by atoms with van der Waals surface area (Å²) in [5.41, 5.74) is 0. The Labute approximate surface area is 81.6 Å². The van der Waals surface area contributed by atoms with Gasteiger partial charge in [0, 0.05) is 4.90 Å². The van der Waals surface area contributed by atoms with Gasteiger partial charge in [-0.2, -0.15) is 0 Å². The van der Waals surface area contributed by atoms with Crippen LogP contribution in [0.2, 0.25) is 0 Å². The van der Waals surface area contributed by atoms with E-state index in [4.69, 9.17) is 0 Å². The van der Waals surface area contributed by atoms with Gasteiger partial charge in [0.05, 0.1) is 16.0 Å². The summed E-state index contributed by atoms with van der Waals surface area (Å²) in [6.07, 6.45) is 7.55. The van der Waals surface area contributed by atoms with E-state index in [0.29, 0.717) is 0 Å². The highest BCUT2D eigenvalue weighted by Gasteiger charge is 2.24. The van der Waals surface area contributed by atoms with Crippen LogP contribution in [0.1, 0.15) is 0 Å². The van der Waals surface area contributed by atoms with E-state index in [1.54, 1.807) is 0 Å². The third-order valence-electron chi connectivity index (χ3n) is 1.80. The molecule has 0 N–H and O–H groups in total. The Morgan fingerprint density at radius 2 is 1.54 bits per heavy atom. The van der Waals surface area contributed by atoms with Gasteiger partial charge in [0.15, 0.2) is 0 Å². The molecule has 1 aromatic rings. The fourth-order valence-electron chi connectivity index (χ4n) is 1.16. The molecule has 1 aliphatic carbocycles. The molecule has 1 aliphatic rings. The van der Waals surface area contributed by atoms with Crippen LogP contribution < -0.4 is 0 Å². The lowest BCUT2D eigenvalue weighted by Crippen LogP contribution is -2.02. The van der Waals surface area contributed by atoms with Crippen molar-refractivity contribution in [2.24, 2.45) is 0 Å². The number of hydrogen-bond donors (Lipinski definition) is 0. The van der Waals surface area contributed by atoms with E-state index in [-0.39, 0.29) is 0 Å². The minimum Gasteiger partial charge on any atom is -0.254 e. The molecule has 5 radical (unpaired) electrons. The Hall–Kier alpha value is -0.630. The summed E-state index contributed by atoms with van der Waals surface area (Å²) in [5, 5.41) is 0.867. The maximum absolute atomic E-state index is 11.8. The summed E-state index contributed by atoms with van der Waals surface area (Å²) in [4.78, 5) is 0.855. The van der Waals surface area contributed by atoms with E-state index in [0.717, 1.165) is 10.1 Å². The smallest absolute Gasteiger partial charge is 0.0754 e. The predicted molar refractivity (Wildman–Crippen MR) is 53.3 cm³/mol. The first-order chi connectivity index (χ1) is 6.38. The molecule has 1 fully saturated rings. The Morgan fingerprint density at radius 3 is 2.15 bits per heavy atom. The molecule has 1 aromatic carbocycles. The molecule has 0 spiro atoms. The van der Waals surface area contributed by atoms with Crippen molar-refractivity contribution >= 4 is 10.8 Å². The van der Waals surface area contributed by atoms with E-state index < -0.39 is 10.8 Å². The Morgan fingerprint density at radius 1 is 0.923 bits per heavy atom. The minimum atomic E-state index is -1.02. The molecule has 0 aliphatic heterocycles. The highest BCUT2D eigenvalue weighted by molar-refractivity contribution is 7.88. The third-order valence-corrected chi connectivity index (χ3v) is 3.20. The van der Waals surface area contributed by atoms with Gasteiger partial charge < -0.3 is 0 Å². The second kappa shape index (κ2) is 4.05. The maximum Gasteiger partial charge on any atom is 0.0754 e. The van der Waals surface area contributed by atoms with Gasteiger partial charge in [0.2, 0.25) is 0 Å². The van der Waals surface area contributed by atoms with E-state index in [9.17, 15) is 4.21 Å². The molecule has 1 saturated carbocycles. The van der Waals surface area contributed by atoms with Crippen molar-refractivity contribution in [3.05, 3.63) is 61.3 Å². The van der Waals surface area contributed by atoms with Gasteiger partial charge in [-0.25, -0.2) is 0 Å². The van der Waals surface area contributed by atoms with E-state index in [1.807, 2.05) is 56.0 Å². The monoisotopic (exact) mass is 189 g/mol. The van der Waals surface area contributed by atoms with Gasteiger partial charge in [-0.3, -0.25) is 4.21 Å². The van der Waals surface area contributed by atoms with Gasteiger partial charge in [0.25, 0.3) is 0 Å². The Balaban J connectivity index is 2.13. The second-order valence-electron chi connectivity index (χ2n) is 2.70. The molecule has 0 bridgehead atoms. The highest BCUT2D eigenvalue weighted by atomic mass is 32.2. The molecule has 0 heterocycles. The van der Waals surface area contributed by atoms with E-state index in [2.05, 4.69) is 0 Å². The molecular weight excluding hydrogens is 180 g/mol. The van der Waals surface area contributed by atoms with Crippen molar-refractivity contribution < 1.29 is 4.21 Å². The number of benzene rings is 1. The molecule has 1 unspecified atom stereocenters. The summed E-state index contributed by atoms with van der Waals surface area (Å²) < 4.78 is 11.8. The van der Waals surface area contributed by atoms with Gasteiger partial charge in [-0.05, 0) is 37.8 Å². The van der Waals surface area contributed by atoms with Crippen LogP contribution in [0.3, 0.4) is 0 Å². The SMILES string of the molecule is O=S([C]1[CH][CH][CH][CH]1)c1ccccc1. The van der Waals surface area contributed by atoms with E-state index in [1.165, 1.54) is 0 Å². The molecule has 0 saturated heterocycles. The second-order valence-corrected chi connectivity index (χ2v) is 4.18. The van der Waals surface area contributed by atoms with Crippen LogP contribution >= 0.6 is 0 Å². The molecule has 1 atom stereocenters. The summed E-state index contributed by atoms with van der Waals surface area (Å²) in [5.74, 6) is 0. The fraction of sp³-hybridized carbons (Fsp3) is 0. The lowest BCUT2D eigenvalue weighted by molar-refractivity contribution is 0.685. The van der Waals surface area contributed by atoms with Crippen molar-refractivity contribution in [2.45, 2.75) is 4.90 Å². The van der Waals surface area contributed by atoms with Crippen LogP contribution in [0.15, 0.2) is 35.2 Å². The largest absolute Gasteiger partial charge is 0.254 e. The molecule has 2 rings (SSSR count). The summed E-state index contributed by atoms with van der Waals surface area (Å²) in [7, 11) is -1.02. The van der Waals surface area contributed by atoms with Crippen LogP contribution in [-0.2, 0) is 10.8 Å². The van der Waals surface area contributed by atoms with Crippen molar-refractivity contribution in [1.29, 1.82) is 0 Å². The van der Waals surface area contributed by atoms with Gasteiger partial charge in [0.1, 0.15) is 0 Å². The molecule has 2 heteroatoms. The highest BCUT2D eigenvalue weighted by Crippen LogP contribution is 2.29. The zero-order valence-corrected chi connectivity index (χ0v) is 7.83. The molecular formula is C11H9OS. The van der Waals surface area contributed by atoms with Crippen LogP contribution in [0.5, 0.6) is 0 Å². The molecule has 0 aromatic heterocycles. The molecule has 1 nitrogen and oxygen atoms in total.